The monoisotopic (exact) mass is 874 g/mol. The van der Waals surface area contributed by atoms with Gasteiger partial charge in [-0.15, -0.1) is 22.7 Å². The Kier molecular flexibility index (Phi) is 14.7. The van der Waals surface area contributed by atoms with Gasteiger partial charge in [0.15, 0.2) is 14.9 Å². The quantitative estimate of drug-likeness (QED) is 0.0443. The van der Waals surface area contributed by atoms with Crippen molar-refractivity contribution in [2.24, 2.45) is 0 Å². The van der Waals surface area contributed by atoms with E-state index < -0.39 is 19.9 Å². The number of likely N-dealkylation sites (N-methyl/N-ethyl adjacent to an activating group) is 1. The highest BCUT2D eigenvalue weighted by Gasteiger charge is 2.45. The van der Waals surface area contributed by atoms with E-state index in [1.165, 1.54) is 28.7 Å². The van der Waals surface area contributed by atoms with Crippen molar-refractivity contribution in [1.29, 1.82) is 0 Å². The number of phenolic OH excluding ortho intramolecular Hbond substituents is 1. The molecule has 3 aromatic heterocycles. The number of amides is 1. The molecule has 1 saturated carbocycles. The van der Waals surface area contributed by atoms with E-state index in [1.807, 2.05) is 60.3 Å². The molecule has 0 unspecified atom stereocenters. The van der Waals surface area contributed by atoms with E-state index >= 15 is 0 Å². The predicted octanol–water partition coefficient (Wildman–Crippen LogP) is 7.43. The number of carbonyl (C=O) groups is 2. The molecule has 5 N–H and O–H groups in total. The van der Waals surface area contributed by atoms with E-state index in [0.717, 1.165) is 29.4 Å². The molecule has 15 heteroatoms. The van der Waals surface area contributed by atoms with Crippen molar-refractivity contribution in [3.8, 4) is 11.5 Å². The van der Waals surface area contributed by atoms with Gasteiger partial charge in [-0.3, -0.25) is 9.59 Å². The molecule has 60 heavy (non-hydrogen) atoms. The normalized spacial score (nSPS) is 16.8. The molecule has 0 aliphatic heterocycles. The number of hydrogen-bond donors (Lipinski definition) is 5. The van der Waals surface area contributed by atoms with Gasteiger partial charge in [0, 0.05) is 43.7 Å². The summed E-state index contributed by atoms with van der Waals surface area (Å²) in [5.41, 5.74) is 0.239. The first-order valence-corrected chi connectivity index (χ1v) is 25.2. The number of aromatic nitrogens is 1. The van der Waals surface area contributed by atoms with Gasteiger partial charge in [0.2, 0.25) is 11.2 Å². The van der Waals surface area contributed by atoms with Crippen LogP contribution in [-0.2, 0) is 30.9 Å². The van der Waals surface area contributed by atoms with Gasteiger partial charge in [0.1, 0.15) is 17.6 Å². The molecular weight excluding hydrogens is 817 g/mol. The summed E-state index contributed by atoms with van der Waals surface area (Å²) in [6.07, 6.45) is 2.51. The van der Waals surface area contributed by atoms with Crippen molar-refractivity contribution in [2.45, 2.75) is 95.0 Å². The number of phenols is 1. The highest BCUT2D eigenvalue weighted by atomic mass is 32.1. The fourth-order valence-corrected chi connectivity index (χ4v) is 10.2. The Bertz CT molecular complexity index is 2200. The maximum absolute atomic E-state index is 13.4. The zero-order valence-electron chi connectivity index (χ0n) is 35.3. The first kappa shape index (κ1) is 45.2. The van der Waals surface area contributed by atoms with Gasteiger partial charge >= 0.3 is 5.97 Å². The Morgan fingerprint density at radius 2 is 1.62 bits per heavy atom. The maximum atomic E-state index is 13.4. The van der Waals surface area contributed by atoms with Gasteiger partial charge in [-0.1, -0.05) is 51.1 Å². The molecule has 1 atom stereocenters. The lowest BCUT2D eigenvalue weighted by atomic mass is 9.91. The lowest BCUT2D eigenvalue weighted by Gasteiger charge is -2.39. The van der Waals surface area contributed by atoms with Crippen LogP contribution < -0.4 is 20.9 Å². The minimum absolute atomic E-state index is 0.0158. The molecule has 0 radical (unpaired) electrons. The first-order chi connectivity index (χ1) is 28.5. The van der Waals surface area contributed by atoms with Crippen molar-refractivity contribution in [3.05, 3.63) is 115 Å². The lowest BCUT2D eigenvalue weighted by molar-refractivity contribution is -0.169. The Morgan fingerprint density at radius 1 is 0.950 bits per heavy atom. The van der Waals surface area contributed by atoms with Crippen LogP contribution in [0.25, 0.3) is 10.9 Å². The van der Waals surface area contributed by atoms with E-state index in [-0.39, 0.29) is 41.1 Å². The summed E-state index contributed by atoms with van der Waals surface area (Å²) in [5.74, 6) is -0.220. The summed E-state index contributed by atoms with van der Waals surface area (Å²) in [5, 5.41) is 33.0. The predicted molar refractivity (Wildman–Crippen MR) is 240 cm³/mol. The fourth-order valence-electron chi connectivity index (χ4n) is 7.22. The topological polar surface area (TPSA) is 162 Å². The maximum Gasteiger partial charge on any atom is 0.349 e. The van der Waals surface area contributed by atoms with Crippen molar-refractivity contribution >= 4 is 53.8 Å². The second-order valence-corrected chi connectivity index (χ2v) is 23.7. The standard InChI is InChI=1S/C45H58N4O8S2Si/c1-44(2,3)60(5,6)57-37(34-19-21-36(50)42-35(34)20-22-40(51)48-42)28-46-27-30-11-15-32(16-12-30)55-29-41(52)47-23-24-49(4)31-13-17-33(18-14-31)56-43(53)45(54,38-9-7-25-58-38)39-10-8-26-59-39/h7-12,15-16,19-22,25-26,31,33,37,46,50,54H,13-14,17-18,23-24,27-29H2,1-6H3,(H,47,52)(H,48,51)/t31?,33?,37-/m1/s1. The zero-order chi connectivity index (χ0) is 43.1. The van der Waals surface area contributed by atoms with Gasteiger partial charge in [0.25, 0.3) is 5.91 Å². The van der Waals surface area contributed by atoms with Gasteiger partial charge in [0.05, 0.1) is 21.4 Å². The van der Waals surface area contributed by atoms with Gasteiger partial charge in [-0.05, 0) is 109 Å². The van der Waals surface area contributed by atoms with Crippen molar-refractivity contribution < 1.29 is 33.7 Å². The number of benzene rings is 2. The van der Waals surface area contributed by atoms with Crippen molar-refractivity contribution in [3.63, 3.8) is 0 Å². The number of hydrogen-bond acceptors (Lipinski definition) is 12. The van der Waals surface area contributed by atoms with E-state index in [4.69, 9.17) is 13.9 Å². The van der Waals surface area contributed by atoms with Crippen molar-refractivity contribution in [2.75, 3.05) is 33.3 Å². The molecular formula is C45H58N4O8S2Si. The highest BCUT2D eigenvalue weighted by molar-refractivity contribution is 7.12. The Hall–Kier alpha value is -4.35. The van der Waals surface area contributed by atoms with Crippen LogP contribution in [0.2, 0.25) is 18.1 Å². The van der Waals surface area contributed by atoms with Crippen LogP contribution in [0.1, 0.15) is 73.4 Å². The molecule has 1 fully saturated rings. The summed E-state index contributed by atoms with van der Waals surface area (Å²) in [7, 11) is -0.168. The van der Waals surface area contributed by atoms with E-state index in [9.17, 15) is 24.6 Å². The third-order valence-electron chi connectivity index (χ3n) is 11.8. The second kappa shape index (κ2) is 19.6. The molecule has 1 aliphatic carbocycles. The summed E-state index contributed by atoms with van der Waals surface area (Å²) >= 11 is 2.67. The van der Waals surface area contributed by atoms with E-state index in [0.29, 0.717) is 66.1 Å². The highest BCUT2D eigenvalue weighted by Crippen LogP contribution is 2.41. The van der Waals surface area contributed by atoms with Gasteiger partial charge in [-0.25, -0.2) is 4.79 Å². The number of H-pyrrole nitrogens is 1. The number of rotatable bonds is 18. The summed E-state index contributed by atoms with van der Waals surface area (Å²) < 4.78 is 18.6. The van der Waals surface area contributed by atoms with Gasteiger partial charge in [-0.2, -0.15) is 0 Å². The van der Waals surface area contributed by atoms with Gasteiger partial charge < -0.3 is 44.6 Å². The summed E-state index contributed by atoms with van der Waals surface area (Å²) in [4.78, 5) is 44.2. The minimum atomic E-state index is -2.21. The number of nitrogens with one attached hydrogen (secondary N) is 3. The Balaban J connectivity index is 0.918. The molecule has 3 heterocycles. The van der Waals surface area contributed by atoms with E-state index in [1.54, 1.807) is 24.3 Å². The average molecular weight is 875 g/mol. The summed E-state index contributed by atoms with van der Waals surface area (Å²) in [6, 6.07) is 21.8. The molecule has 12 nitrogen and oxygen atoms in total. The number of ether oxygens (including phenoxy) is 2. The minimum Gasteiger partial charge on any atom is -0.506 e. The third kappa shape index (κ3) is 10.9. The number of pyridine rings is 1. The number of carbonyl (C=O) groups excluding carboxylic acids is 2. The van der Waals surface area contributed by atoms with Crippen LogP contribution in [-0.4, -0.2) is 85.7 Å². The van der Waals surface area contributed by atoms with Crippen LogP contribution in [0.15, 0.2) is 88.4 Å². The molecule has 1 amide bonds. The molecule has 5 aromatic rings. The van der Waals surface area contributed by atoms with Crippen LogP contribution in [0.5, 0.6) is 11.5 Å². The number of fused-ring (bicyclic) bond motifs is 1. The smallest absolute Gasteiger partial charge is 0.349 e. The number of thiophene rings is 2. The molecule has 0 bridgehead atoms. The summed E-state index contributed by atoms with van der Waals surface area (Å²) in [6.45, 7) is 13.1. The number of aromatic amines is 1. The SMILES string of the molecule is CN(CCNC(=O)COc1ccc(CNC[C@@H](O[Si](C)(C)C(C)(C)C)c2ccc(O)c3[nH]c(=O)ccc23)cc1)C1CCC(OC(=O)C(O)(c2cccs2)c2cccs2)CC1. The fraction of sp³-hybridized carbons (Fsp3) is 0.444. The number of aromatic hydroxyl groups is 1. The first-order valence-electron chi connectivity index (χ1n) is 20.5. The molecule has 6 rings (SSSR count). The van der Waals surface area contributed by atoms with Crippen LogP contribution in [0.4, 0.5) is 0 Å². The second-order valence-electron chi connectivity index (χ2n) is 17.0. The Labute approximate surface area is 361 Å². The number of esters is 1. The average Bonchev–Trinajstić information content (AvgIpc) is 3.97. The zero-order valence-corrected chi connectivity index (χ0v) is 37.9. The third-order valence-corrected chi connectivity index (χ3v) is 18.3. The largest absolute Gasteiger partial charge is 0.506 e. The van der Waals surface area contributed by atoms with E-state index in [2.05, 4.69) is 54.4 Å². The number of aliphatic hydroxyl groups is 1. The molecule has 0 spiro atoms. The Morgan fingerprint density at radius 3 is 2.23 bits per heavy atom. The lowest BCUT2D eigenvalue weighted by Crippen LogP contribution is -2.43. The van der Waals surface area contributed by atoms with Crippen molar-refractivity contribution in [1.82, 2.24) is 20.5 Å². The molecule has 1 aliphatic rings. The molecule has 2 aromatic carbocycles. The molecule has 0 saturated heterocycles. The van der Waals surface area contributed by atoms with Crippen LogP contribution in [0, 0.1) is 0 Å². The van der Waals surface area contributed by atoms with Crippen LogP contribution >= 0.6 is 22.7 Å². The molecule has 322 valence electrons. The van der Waals surface area contributed by atoms with Crippen LogP contribution in [0.3, 0.4) is 0 Å². The number of nitrogens with zero attached hydrogens (tertiary/aromatic N) is 1.